The smallest absolute Gasteiger partial charge is 0.222 e. The monoisotopic (exact) mass is 380 g/mol. The summed E-state index contributed by atoms with van der Waals surface area (Å²) in [5, 5.41) is 3.11. The van der Waals surface area contributed by atoms with Gasteiger partial charge in [-0.3, -0.25) is 9.79 Å². The number of guanidine groups is 1. The zero-order chi connectivity index (χ0) is 12.8. The first-order valence-corrected chi connectivity index (χ1v) is 7.07. The number of hydrogen-bond acceptors (Lipinski definition) is 2. The molecule has 1 aliphatic heterocycles. The lowest BCUT2D eigenvalue weighted by atomic mass is 9.86. The van der Waals surface area contributed by atoms with E-state index in [0.717, 1.165) is 51.4 Å². The van der Waals surface area contributed by atoms with Crippen LogP contribution in [0.2, 0.25) is 0 Å². The number of amides is 1. The topological polar surface area (TPSA) is 70.7 Å². The van der Waals surface area contributed by atoms with Gasteiger partial charge in [0.2, 0.25) is 5.91 Å². The molecule has 0 unspecified atom stereocenters. The van der Waals surface area contributed by atoms with Gasteiger partial charge in [-0.05, 0) is 31.6 Å². The van der Waals surface area contributed by atoms with E-state index in [2.05, 4.69) is 10.3 Å². The molecule has 0 bridgehead atoms. The molecule has 0 aromatic carbocycles. The molecule has 0 aromatic rings. The second-order valence-electron chi connectivity index (χ2n) is 5.29. The van der Waals surface area contributed by atoms with Gasteiger partial charge in [0.1, 0.15) is 0 Å². The Labute approximate surface area is 132 Å². The molecular weight excluding hydrogens is 355 g/mol. The predicted molar refractivity (Wildman–Crippen MR) is 87.7 cm³/mol. The molecule has 2 aliphatic rings. The van der Waals surface area contributed by atoms with Crippen molar-refractivity contribution in [2.24, 2.45) is 16.6 Å². The lowest BCUT2D eigenvalue weighted by Crippen LogP contribution is -2.35. The molecule has 5 nitrogen and oxygen atoms in total. The summed E-state index contributed by atoms with van der Waals surface area (Å²) in [6.07, 6.45) is 6.61. The van der Waals surface area contributed by atoms with Gasteiger partial charge < -0.3 is 16.0 Å². The summed E-state index contributed by atoms with van der Waals surface area (Å²) in [6, 6.07) is 0. The first-order chi connectivity index (χ1) is 8.75. The van der Waals surface area contributed by atoms with E-state index in [9.17, 15) is 4.79 Å². The third-order valence-corrected chi connectivity index (χ3v) is 3.83. The maximum Gasteiger partial charge on any atom is 0.222 e. The van der Waals surface area contributed by atoms with Crippen LogP contribution in [-0.4, -0.2) is 42.9 Å². The average molecular weight is 380 g/mol. The highest BCUT2D eigenvalue weighted by Gasteiger charge is 2.19. The molecule has 1 saturated carbocycles. The number of rotatable bonds is 6. The number of nitrogens with zero attached hydrogens (tertiary/aromatic N) is 2. The largest absolute Gasteiger partial charge is 0.370 e. The van der Waals surface area contributed by atoms with Gasteiger partial charge in [0.25, 0.3) is 0 Å². The Morgan fingerprint density at radius 2 is 2.21 bits per heavy atom. The summed E-state index contributed by atoms with van der Waals surface area (Å²) >= 11 is 0. The van der Waals surface area contributed by atoms with Crippen LogP contribution in [-0.2, 0) is 4.79 Å². The molecule has 0 aromatic heterocycles. The van der Waals surface area contributed by atoms with E-state index in [1.165, 1.54) is 19.3 Å². The number of aliphatic imine (C=N–C) groups is 1. The van der Waals surface area contributed by atoms with Gasteiger partial charge >= 0.3 is 0 Å². The van der Waals surface area contributed by atoms with Gasteiger partial charge in [-0.1, -0.05) is 6.42 Å². The molecule has 0 radical (unpaired) electrons. The first kappa shape index (κ1) is 16.5. The quantitative estimate of drug-likeness (QED) is 0.316. The van der Waals surface area contributed by atoms with Crippen molar-refractivity contribution in [3.05, 3.63) is 0 Å². The van der Waals surface area contributed by atoms with E-state index in [1.807, 2.05) is 4.90 Å². The molecule has 2 fully saturated rings. The number of likely N-dealkylation sites (tertiary alicyclic amines) is 1. The average Bonchev–Trinajstić information content (AvgIpc) is 2.68. The molecule has 1 aliphatic carbocycles. The van der Waals surface area contributed by atoms with Gasteiger partial charge in [0.15, 0.2) is 5.96 Å². The highest BCUT2D eigenvalue weighted by Crippen LogP contribution is 2.26. The van der Waals surface area contributed by atoms with Crippen LogP contribution in [0.3, 0.4) is 0 Å². The summed E-state index contributed by atoms with van der Waals surface area (Å²) in [5.41, 5.74) is 5.78. The van der Waals surface area contributed by atoms with Gasteiger partial charge in [0, 0.05) is 32.6 Å². The summed E-state index contributed by atoms with van der Waals surface area (Å²) in [5.74, 6) is 1.60. The van der Waals surface area contributed by atoms with Crippen molar-refractivity contribution >= 4 is 35.8 Å². The van der Waals surface area contributed by atoms with E-state index in [1.54, 1.807) is 0 Å². The standard InChI is InChI=1S/C13H24N4O.HI/c14-13(16-10-11-4-1-5-11)15-7-3-9-17-8-2-6-12(17)18;/h11H,1-10H2,(H3,14,15,16);1H. The molecular formula is C13H25IN4O. The van der Waals surface area contributed by atoms with E-state index in [4.69, 9.17) is 5.73 Å². The van der Waals surface area contributed by atoms with Crippen molar-refractivity contribution in [3.8, 4) is 0 Å². The van der Waals surface area contributed by atoms with Crippen molar-refractivity contribution in [2.75, 3.05) is 26.2 Å². The predicted octanol–water partition coefficient (Wildman–Crippen LogP) is 1.32. The van der Waals surface area contributed by atoms with Crippen LogP contribution in [0.5, 0.6) is 0 Å². The van der Waals surface area contributed by atoms with Crippen molar-refractivity contribution in [1.82, 2.24) is 10.2 Å². The van der Waals surface area contributed by atoms with E-state index in [-0.39, 0.29) is 24.0 Å². The van der Waals surface area contributed by atoms with Crippen LogP contribution < -0.4 is 11.1 Å². The maximum absolute atomic E-state index is 11.4. The number of halogens is 1. The lowest BCUT2D eigenvalue weighted by Gasteiger charge is -2.23. The van der Waals surface area contributed by atoms with Gasteiger partial charge in [-0.25, -0.2) is 0 Å². The highest BCUT2D eigenvalue weighted by atomic mass is 127. The van der Waals surface area contributed by atoms with Crippen LogP contribution in [0.1, 0.15) is 38.5 Å². The molecule has 3 N–H and O–H groups in total. The minimum Gasteiger partial charge on any atom is -0.370 e. The summed E-state index contributed by atoms with van der Waals surface area (Å²) in [6.45, 7) is 3.42. The molecule has 110 valence electrons. The van der Waals surface area contributed by atoms with Crippen LogP contribution in [0.25, 0.3) is 0 Å². The molecule has 6 heteroatoms. The number of hydrogen-bond donors (Lipinski definition) is 2. The highest BCUT2D eigenvalue weighted by molar-refractivity contribution is 14.0. The van der Waals surface area contributed by atoms with Crippen LogP contribution in [0.4, 0.5) is 0 Å². The second-order valence-corrected chi connectivity index (χ2v) is 5.29. The van der Waals surface area contributed by atoms with E-state index in [0.29, 0.717) is 11.9 Å². The van der Waals surface area contributed by atoms with Crippen molar-refractivity contribution < 1.29 is 4.79 Å². The minimum absolute atomic E-state index is 0. The fourth-order valence-corrected chi connectivity index (χ4v) is 2.39. The van der Waals surface area contributed by atoms with Crippen LogP contribution >= 0.6 is 24.0 Å². The molecule has 2 rings (SSSR count). The van der Waals surface area contributed by atoms with Crippen molar-refractivity contribution in [1.29, 1.82) is 0 Å². The maximum atomic E-state index is 11.4. The van der Waals surface area contributed by atoms with Crippen molar-refractivity contribution in [3.63, 3.8) is 0 Å². The molecule has 19 heavy (non-hydrogen) atoms. The molecule has 1 amide bonds. The Morgan fingerprint density at radius 1 is 1.42 bits per heavy atom. The number of carbonyl (C=O) groups is 1. The fourth-order valence-electron chi connectivity index (χ4n) is 2.39. The van der Waals surface area contributed by atoms with E-state index >= 15 is 0 Å². The van der Waals surface area contributed by atoms with Gasteiger partial charge in [0.05, 0.1) is 0 Å². The fraction of sp³-hybridized carbons (Fsp3) is 0.846. The number of nitrogens with two attached hydrogens (primary N) is 1. The summed E-state index contributed by atoms with van der Waals surface area (Å²) < 4.78 is 0. The minimum atomic E-state index is 0. The Balaban J connectivity index is 0.00000180. The molecule has 0 atom stereocenters. The van der Waals surface area contributed by atoms with Crippen LogP contribution in [0.15, 0.2) is 4.99 Å². The SMILES string of the molecule is I.NC(=NCC1CCC1)NCCCN1CCCC1=O. The van der Waals surface area contributed by atoms with E-state index < -0.39 is 0 Å². The Hall–Kier alpha value is -0.530. The van der Waals surface area contributed by atoms with Crippen molar-refractivity contribution in [2.45, 2.75) is 38.5 Å². The first-order valence-electron chi connectivity index (χ1n) is 7.07. The molecule has 1 heterocycles. The summed E-state index contributed by atoms with van der Waals surface area (Å²) in [7, 11) is 0. The second kappa shape index (κ2) is 8.60. The Morgan fingerprint density at radius 3 is 2.79 bits per heavy atom. The van der Waals surface area contributed by atoms with Gasteiger partial charge in [-0.2, -0.15) is 0 Å². The van der Waals surface area contributed by atoms with Gasteiger partial charge in [-0.15, -0.1) is 24.0 Å². The Kier molecular flexibility index (Phi) is 7.48. The summed E-state index contributed by atoms with van der Waals surface area (Å²) in [4.78, 5) is 17.6. The van der Waals surface area contributed by atoms with Crippen LogP contribution in [0, 0.1) is 5.92 Å². The third-order valence-electron chi connectivity index (χ3n) is 3.83. The Bertz CT molecular complexity index is 318. The lowest BCUT2D eigenvalue weighted by molar-refractivity contribution is -0.127. The third kappa shape index (κ3) is 5.54. The molecule has 0 spiro atoms. The number of carbonyl (C=O) groups excluding carboxylic acids is 1. The zero-order valence-electron chi connectivity index (χ0n) is 11.4. The zero-order valence-corrected chi connectivity index (χ0v) is 13.8. The normalized spacial score (nSPS) is 20.1. The molecule has 1 saturated heterocycles. The number of nitrogens with one attached hydrogen (secondary N) is 1.